The molecule has 0 aliphatic carbocycles. The van der Waals surface area contributed by atoms with Crippen LogP contribution >= 0.6 is 0 Å². The van der Waals surface area contributed by atoms with E-state index in [0.717, 1.165) is 12.5 Å². The van der Waals surface area contributed by atoms with Gasteiger partial charge in [0.25, 0.3) is 5.92 Å². The highest BCUT2D eigenvalue weighted by Crippen LogP contribution is 2.36. The van der Waals surface area contributed by atoms with Gasteiger partial charge < -0.3 is 10.4 Å². The zero-order valence-electron chi connectivity index (χ0n) is 8.21. The zero-order chi connectivity index (χ0) is 10.9. The molecule has 0 saturated carbocycles. The van der Waals surface area contributed by atoms with Gasteiger partial charge in [-0.3, -0.25) is 0 Å². The molecule has 0 aromatic heterocycles. The van der Waals surface area contributed by atoms with Crippen LogP contribution in [0.15, 0.2) is 24.3 Å². The number of rotatable bonds is 2. The van der Waals surface area contributed by atoms with Crippen LogP contribution in [0.25, 0.3) is 0 Å². The average Bonchev–Trinajstić information content (AvgIpc) is 2.71. The summed E-state index contributed by atoms with van der Waals surface area (Å²) in [6.45, 7) is 0.638. The SMILES string of the molecule is Oc1cccc(C(F)(F)C2CCCN2)c1. The van der Waals surface area contributed by atoms with E-state index in [-0.39, 0.29) is 11.3 Å². The van der Waals surface area contributed by atoms with E-state index in [4.69, 9.17) is 5.11 Å². The van der Waals surface area contributed by atoms with Gasteiger partial charge in [0, 0.05) is 5.56 Å². The van der Waals surface area contributed by atoms with Crippen LogP contribution in [0, 0.1) is 0 Å². The third-order valence-corrected chi connectivity index (χ3v) is 2.73. The number of alkyl halides is 2. The molecule has 1 aliphatic heterocycles. The highest BCUT2D eigenvalue weighted by Gasteiger charge is 2.42. The first kappa shape index (κ1) is 10.4. The first-order valence-electron chi connectivity index (χ1n) is 5.01. The molecule has 1 heterocycles. The van der Waals surface area contributed by atoms with E-state index < -0.39 is 12.0 Å². The monoisotopic (exact) mass is 213 g/mol. The Morgan fingerprint density at radius 1 is 1.40 bits per heavy atom. The van der Waals surface area contributed by atoms with E-state index in [2.05, 4.69) is 5.32 Å². The van der Waals surface area contributed by atoms with E-state index >= 15 is 0 Å². The molecule has 2 N–H and O–H groups in total. The largest absolute Gasteiger partial charge is 0.508 e. The second-order valence-electron chi connectivity index (χ2n) is 3.82. The van der Waals surface area contributed by atoms with Gasteiger partial charge in [0.05, 0.1) is 6.04 Å². The minimum atomic E-state index is -2.91. The van der Waals surface area contributed by atoms with Crippen LogP contribution in [0.4, 0.5) is 8.78 Å². The highest BCUT2D eigenvalue weighted by atomic mass is 19.3. The van der Waals surface area contributed by atoms with Gasteiger partial charge in [-0.05, 0) is 31.5 Å². The van der Waals surface area contributed by atoms with Gasteiger partial charge in [-0.2, -0.15) is 8.78 Å². The van der Waals surface area contributed by atoms with E-state index in [9.17, 15) is 8.78 Å². The number of phenolic OH excluding ortho intramolecular Hbond substituents is 1. The van der Waals surface area contributed by atoms with E-state index in [1.165, 1.54) is 18.2 Å². The number of benzene rings is 1. The smallest absolute Gasteiger partial charge is 0.288 e. The van der Waals surface area contributed by atoms with Crippen molar-refractivity contribution in [2.45, 2.75) is 24.8 Å². The normalized spacial score (nSPS) is 21.9. The maximum Gasteiger partial charge on any atom is 0.288 e. The van der Waals surface area contributed by atoms with Crippen molar-refractivity contribution in [1.29, 1.82) is 0 Å². The standard InChI is InChI=1S/C11H13F2NO/c12-11(13,10-5-2-6-14-10)8-3-1-4-9(15)7-8/h1,3-4,7,10,14-15H,2,5-6H2. The quantitative estimate of drug-likeness (QED) is 0.789. The van der Waals surface area contributed by atoms with E-state index in [1.807, 2.05) is 0 Å². The van der Waals surface area contributed by atoms with Gasteiger partial charge in [0.1, 0.15) is 5.75 Å². The Morgan fingerprint density at radius 3 is 2.80 bits per heavy atom. The van der Waals surface area contributed by atoms with Crippen LogP contribution in [0.3, 0.4) is 0 Å². The number of hydrogen-bond acceptors (Lipinski definition) is 2. The minimum absolute atomic E-state index is 0.120. The molecule has 1 aromatic rings. The van der Waals surface area contributed by atoms with E-state index in [0.29, 0.717) is 13.0 Å². The fourth-order valence-electron chi connectivity index (χ4n) is 1.91. The van der Waals surface area contributed by atoms with Gasteiger partial charge in [0.2, 0.25) is 0 Å². The van der Waals surface area contributed by atoms with Gasteiger partial charge >= 0.3 is 0 Å². The number of halogens is 2. The molecule has 4 heteroatoms. The molecule has 0 bridgehead atoms. The first-order chi connectivity index (χ1) is 7.10. The summed E-state index contributed by atoms with van der Waals surface area (Å²) in [5.41, 5.74) is -0.123. The Morgan fingerprint density at radius 2 is 2.20 bits per heavy atom. The molecule has 1 fully saturated rings. The predicted molar refractivity (Wildman–Crippen MR) is 53.0 cm³/mol. The molecule has 2 rings (SSSR count). The van der Waals surface area contributed by atoms with Crippen LogP contribution in [-0.4, -0.2) is 17.7 Å². The fraction of sp³-hybridized carbons (Fsp3) is 0.455. The van der Waals surface area contributed by atoms with Gasteiger partial charge in [-0.1, -0.05) is 12.1 Å². The lowest BCUT2D eigenvalue weighted by molar-refractivity contribution is -0.0378. The second kappa shape index (κ2) is 3.77. The van der Waals surface area contributed by atoms with Crippen LogP contribution in [-0.2, 0) is 5.92 Å². The van der Waals surface area contributed by atoms with Crippen molar-refractivity contribution in [3.05, 3.63) is 29.8 Å². The molecule has 1 unspecified atom stereocenters. The summed E-state index contributed by atoms with van der Waals surface area (Å²) in [6, 6.07) is 4.49. The van der Waals surface area contributed by atoms with Crippen molar-refractivity contribution in [1.82, 2.24) is 5.32 Å². The summed E-state index contributed by atoms with van der Waals surface area (Å²) >= 11 is 0. The Kier molecular flexibility index (Phi) is 2.61. The molecule has 1 saturated heterocycles. The second-order valence-corrected chi connectivity index (χ2v) is 3.82. The Labute approximate surface area is 86.9 Å². The van der Waals surface area contributed by atoms with Crippen molar-refractivity contribution < 1.29 is 13.9 Å². The van der Waals surface area contributed by atoms with Crippen LogP contribution in [0.5, 0.6) is 5.75 Å². The number of phenols is 1. The summed E-state index contributed by atoms with van der Waals surface area (Å²) in [7, 11) is 0. The van der Waals surface area contributed by atoms with Crippen molar-refractivity contribution >= 4 is 0 Å². The average molecular weight is 213 g/mol. The third kappa shape index (κ3) is 1.95. The minimum Gasteiger partial charge on any atom is -0.508 e. The Balaban J connectivity index is 2.27. The maximum atomic E-state index is 13.9. The lowest BCUT2D eigenvalue weighted by atomic mass is 10.00. The van der Waals surface area contributed by atoms with Crippen molar-refractivity contribution in [3.8, 4) is 5.75 Å². The van der Waals surface area contributed by atoms with Crippen LogP contribution < -0.4 is 5.32 Å². The summed E-state index contributed by atoms with van der Waals surface area (Å²) in [6.07, 6.45) is 1.25. The molecule has 1 aliphatic rings. The lowest BCUT2D eigenvalue weighted by Crippen LogP contribution is -2.38. The van der Waals surface area contributed by atoms with Crippen molar-refractivity contribution in [2.24, 2.45) is 0 Å². The number of hydrogen-bond donors (Lipinski definition) is 2. The first-order valence-corrected chi connectivity index (χ1v) is 5.01. The van der Waals surface area contributed by atoms with Crippen molar-refractivity contribution in [2.75, 3.05) is 6.54 Å². The van der Waals surface area contributed by atoms with Crippen molar-refractivity contribution in [3.63, 3.8) is 0 Å². The summed E-state index contributed by atoms with van der Waals surface area (Å²) in [5.74, 6) is -3.03. The molecule has 0 radical (unpaired) electrons. The summed E-state index contributed by atoms with van der Waals surface area (Å²) in [5, 5.41) is 11.9. The van der Waals surface area contributed by atoms with Gasteiger partial charge in [-0.25, -0.2) is 0 Å². The Hall–Kier alpha value is -1.16. The topological polar surface area (TPSA) is 32.3 Å². The molecule has 1 atom stereocenters. The number of nitrogens with one attached hydrogen (secondary N) is 1. The molecule has 15 heavy (non-hydrogen) atoms. The van der Waals surface area contributed by atoms with Gasteiger partial charge in [0.15, 0.2) is 0 Å². The highest BCUT2D eigenvalue weighted by molar-refractivity contribution is 5.31. The summed E-state index contributed by atoms with van der Waals surface area (Å²) in [4.78, 5) is 0. The molecule has 0 spiro atoms. The molecule has 0 amide bonds. The number of aromatic hydroxyl groups is 1. The summed E-state index contributed by atoms with van der Waals surface area (Å²) < 4.78 is 27.7. The molecular formula is C11H13F2NO. The zero-order valence-corrected chi connectivity index (χ0v) is 8.21. The lowest BCUT2D eigenvalue weighted by Gasteiger charge is -2.23. The van der Waals surface area contributed by atoms with Crippen LogP contribution in [0.1, 0.15) is 18.4 Å². The Bertz CT molecular complexity index is 348. The third-order valence-electron chi connectivity index (χ3n) is 2.73. The van der Waals surface area contributed by atoms with E-state index in [1.54, 1.807) is 0 Å². The molecule has 1 aromatic carbocycles. The van der Waals surface area contributed by atoms with Crippen LogP contribution in [0.2, 0.25) is 0 Å². The van der Waals surface area contributed by atoms with Gasteiger partial charge in [-0.15, -0.1) is 0 Å². The maximum absolute atomic E-state index is 13.9. The molecule has 82 valence electrons. The fourth-order valence-corrected chi connectivity index (χ4v) is 1.91. The predicted octanol–water partition coefficient (Wildman–Crippen LogP) is 2.24. The molecular weight excluding hydrogens is 200 g/mol. The molecule has 2 nitrogen and oxygen atoms in total.